The number of likely N-dealkylation sites (N-methyl/N-ethyl adjacent to an activating group) is 1. The molecule has 3 rings (SSSR count). The molecule has 4 nitrogen and oxygen atoms in total. The Morgan fingerprint density at radius 2 is 2.26 bits per heavy atom. The number of hydrogen-bond acceptors (Lipinski definition) is 3. The molecule has 1 N–H and O–H groups in total. The van der Waals surface area contributed by atoms with Crippen molar-refractivity contribution >= 4 is 11.7 Å². The normalized spacial score (nSPS) is 17.9. The molecule has 1 saturated carbocycles. The van der Waals surface area contributed by atoms with E-state index >= 15 is 0 Å². The minimum atomic E-state index is -0.729. The molecule has 1 fully saturated rings. The predicted octanol–water partition coefficient (Wildman–Crippen LogP) is 1.73. The summed E-state index contributed by atoms with van der Waals surface area (Å²) in [6.07, 6.45) is 3.38. The fourth-order valence-electron chi connectivity index (χ4n) is 2.88. The largest absolute Gasteiger partial charge is 0.480 e. The average molecular weight is 260 g/mol. The highest BCUT2D eigenvalue weighted by Gasteiger charge is 2.30. The number of aliphatic carboxylic acids is 1. The maximum Gasteiger partial charge on any atom is 0.317 e. The monoisotopic (exact) mass is 260 g/mol. The molecule has 4 heteroatoms. The highest BCUT2D eigenvalue weighted by Crippen LogP contribution is 2.31. The number of fused-ring (bicyclic) bond motifs is 1. The number of hydrogen-bond donors (Lipinski definition) is 1. The van der Waals surface area contributed by atoms with Crippen molar-refractivity contribution < 1.29 is 9.90 Å². The van der Waals surface area contributed by atoms with E-state index in [4.69, 9.17) is 5.11 Å². The van der Waals surface area contributed by atoms with Gasteiger partial charge in [0.2, 0.25) is 0 Å². The van der Waals surface area contributed by atoms with Gasteiger partial charge in [0.05, 0.1) is 6.54 Å². The van der Waals surface area contributed by atoms with E-state index in [1.807, 2.05) is 0 Å². The summed E-state index contributed by atoms with van der Waals surface area (Å²) in [5, 5.41) is 8.98. The topological polar surface area (TPSA) is 43.8 Å². The summed E-state index contributed by atoms with van der Waals surface area (Å²) in [6, 6.07) is 7.03. The van der Waals surface area contributed by atoms with Crippen LogP contribution in [0.5, 0.6) is 0 Å². The molecule has 1 heterocycles. The SMILES string of the molecule is CN1CCc2cc(CN(CC(=O)O)C3CC3)ccc21. The lowest BCUT2D eigenvalue weighted by Crippen LogP contribution is -2.31. The second kappa shape index (κ2) is 4.85. The minimum Gasteiger partial charge on any atom is -0.480 e. The summed E-state index contributed by atoms with van der Waals surface area (Å²) in [5.41, 5.74) is 3.95. The Kier molecular flexibility index (Phi) is 3.19. The molecule has 0 atom stereocenters. The van der Waals surface area contributed by atoms with Crippen molar-refractivity contribution in [2.75, 3.05) is 25.0 Å². The lowest BCUT2D eigenvalue weighted by molar-refractivity contribution is -0.138. The molecule has 0 bridgehead atoms. The van der Waals surface area contributed by atoms with Crippen LogP contribution in [0.25, 0.3) is 0 Å². The van der Waals surface area contributed by atoms with E-state index in [1.54, 1.807) is 0 Å². The van der Waals surface area contributed by atoms with Gasteiger partial charge in [0.25, 0.3) is 0 Å². The van der Waals surface area contributed by atoms with Crippen molar-refractivity contribution in [3.05, 3.63) is 29.3 Å². The van der Waals surface area contributed by atoms with Crippen LogP contribution in [0, 0.1) is 0 Å². The molecule has 1 aliphatic heterocycles. The van der Waals surface area contributed by atoms with E-state index in [-0.39, 0.29) is 6.54 Å². The van der Waals surface area contributed by atoms with E-state index in [9.17, 15) is 4.79 Å². The molecule has 0 saturated heterocycles. The Bertz CT molecular complexity index is 497. The molecule has 0 radical (unpaired) electrons. The van der Waals surface area contributed by atoms with E-state index in [0.717, 1.165) is 32.4 Å². The summed E-state index contributed by atoms with van der Waals surface area (Å²) in [6.45, 7) is 2.00. The van der Waals surface area contributed by atoms with Crippen molar-refractivity contribution in [1.82, 2.24) is 4.90 Å². The van der Waals surface area contributed by atoms with Gasteiger partial charge in [-0.05, 0) is 36.5 Å². The number of carboxylic acid groups (broad SMARTS) is 1. The first-order valence-electron chi connectivity index (χ1n) is 6.92. The Morgan fingerprint density at radius 3 is 2.95 bits per heavy atom. The first kappa shape index (κ1) is 12.5. The van der Waals surface area contributed by atoms with Crippen molar-refractivity contribution in [2.45, 2.75) is 31.8 Å². The zero-order chi connectivity index (χ0) is 13.4. The highest BCUT2D eigenvalue weighted by atomic mass is 16.4. The maximum atomic E-state index is 10.9. The number of benzene rings is 1. The maximum absolute atomic E-state index is 10.9. The van der Waals surface area contributed by atoms with Gasteiger partial charge >= 0.3 is 5.97 Å². The van der Waals surface area contributed by atoms with Crippen LogP contribution in [0.4, 0.5) is 5.69 Å². The second-order valence-corrected chi connectivity index (χ2v) is 5.66. The van der Waals surface area contributed by atoms with Crippen molar-refractivity contribution in [3.63, 3.8) is 0 Å². The number of rotatable bonds is 5. The fraction of sp³-hybridized carbons (Fsp3) is 0.533. The molecular weight excluding hydrogens is 240 g/mol. The number of carbonyl (C=O) groups is 1. The van der Waals surface area contributed by atoms with Gasteiger partial charge in [-0.3, -0.25) is 9.69 Å². The standard InChI is InChI=1S/C15H20N2O2/c1-16-7-6-12-8-11(2-5-14(12)16)9-17(10-15(18)19)13-3-4-13/h2,5,8,13H,3-4,6-7,9-10H2,1H3,(H,18,19). The lowest BCUT2D eigenvalue weighted by atomic mass is 10.1. The fourth-order valence-corrected chi connectivity index (χ4v) is 2.88. The molecular formula is C15H20N2O2. The van der Waals surface area contributed by atoms with Crippen LogP contribution in [0.1, 0.15) is 24.0 Å². The molecule has 0 aromatic heterocycles. The first-order valence-corrected chi connectivity index (χ1v) is 6.92. The van der Waals surface area contributed by atoms with Crippen LogP contribution >= 0.6 is 0 Å². The molecule has 0 amide bonds. The third kappa shape index (κ3) is 2.73. The van der Waals surface area contributed by atoms with Crippen LogP contribution < -0.4 is 4.90 Å². The average Bonchev–Trinajstić information content (AvgIpc) is 3.14. The van der Waals surface area contributed by atoms with E-state index in [0.29, 0.717) is 6.04 Å². The van der Waals surface area contributed by atoms with Gasteiger partial charge in [-0.25, -0.2) is 0 Å². The third-order valence-electron chi connectivity index (χ3n) is 4.06. The molecule has 1 aromatic rings. The molecule has 1 aromatic carbocycles. The zero-order valence-corrected chi connectivity index (χ0v) is 11.3. The highest BCUT2D eigenvalue weighted by molar-refractivity contribution is 5.69. The summed E-state index contributed by atoms with van der Waals surface area (Å²) >= 11 is 0. The molecule has 0 spiro atoms. The summed E-state index contributed by atoms with van der Waals surface area (Å²) in [5.74, 6) is -0.729. The minimum absolute atomic E-state index is 0.154. The van der Waals surface area contributed by atoms with Crippen LogP contribution in [-0.2, 0) is 17.8 Å². The first-order chi connectivity index (χ1) is 9.13. The second-order valence-electron chi connectivity index (χ2n) is 5.66. The Morgan fingerprint density at radius 1 is 1.47 bits per heavy atom. The van der Waals surface area contributed by atoms with Crippen LogP contribution in [0.3, 0.4) is 0 Å². The van der Waals surface area contributed by atoms with Crippen LogP contribution in [0.15, 0.2) is 18.2 Å². The summed E-state index contributed by atoms with van der Waals surface area (Å²) in [7, 11) is 2.12. The van der Waals surface area contributed by atoms with E-state index < -0.39 is 5.97 Å². The van der Waals surface area contributed by atoms with Gasteiger partial charge in [0.1, 0.15) is 0 Å². The van der Waals surface area contributed by atoms with Crippen molar-refractivity contribution in [2.24, 2.45) is 0 Å². The Labute approximate surface area is 113 Å². The van der Waals surface area contributed by atoms with Gasteiger partial charge in [-0.2, -0.15) is 0 Å². The molecule has 2 aliphatic rings. The van der Waals surface area contributed by atoms with Gasteiger partial charge in [0.15, 0.2) is 0 Å². The number of carboxylic acids is 1. The van der Waals surface area contributed by atoms with Crippen molar-refractivity contribution in [3.8, 4) is 0 Å². The quantitative estimate of drug-likeness (QED) is 0.875. The predicted molar refractivity (Wildman–Crippen MR) is 74.5 cm³/mol. The van der Waals surface area contributed by atoms with E-state index in [2.05, 4.69) is 35.0 Å². The van der Waals surface area contributed by atoms with Crippen molar-refractivity contribution in [1.29, 1.82) is 0 Å². The lowest BCUT2D eigenvalue weighted by Gasteiger charge is -2.20. The van der Waals surface area contributed by atoms with E-state index in [1.165, 1.54) is 16.8 Å². The Balaban J connectivity index is 1.73. The smallest absolute Gasteiger partial charge is 0.317 e. The van der Waals surface area contributed by atoms with Crippen LogP contribution in [0.2, 0.25) is 0 Å². The Hall–Kier alpha value is -1.55. The summed E-state index contributed by atoms with van der Waals surface area (Å²) in [4.78, 5) is 15.3. The molecule has 1 aliphatic carbocycles. The van der Waals surface area contributed by atoms with Gasteiger partial charge in [-0.1, -0.05) is 12.1 Å². The molecule has 19 heavy (non-hydrogen) atoms. The van der Waals surface area contributed by atoms with Crippen LogP contribution in [-0.4, -0.2) is 42.2 Å². The van der Waals surface area contributed by atoms with Gasteiger partial charge in [-0.15, -0.1) is 0 Å². The third-order valence-corrected chi connectivity index (χ3v) is 4.06. The molecule has 0 unspecified atom stereocenters. The van der Waals surface area contributed by atoms with Gasteiger partial charge < -0.3 is 10.0 Å². The molecule has 102 valence electrons. The zero-order valence-electron chi connectivity index (χ0n) is 11.3. The summed E-state index contributed by atoms with van der Waals surface area (Å²) < 4.78 is 0. The van der Waals surface area contributed by atoms with Gasteiger partial charge in [0, 0.05) is 31.9 Å². The number of nitrogens with zero attached hydrogens (tertiary/aromatic N) is 2. The number of anilines is 1.